The lowest BCUT2D eigenvalue weighted by molar-refractivity contribution is 0.0938. The van der Waals surface area contributed by atoms with Gasteiger partial charge in [0.15, 0.2) is 0 Å². The Hall–Kier alpha value is -2.82. The number of benzene rings is 2. The van der Waals surface area contributed by atoms with Crippen LogP contribution in [0.1, 0.15) is 29.1 Å². The predicted octanol–water partition coefficient (Wildman–Crippen LogP) is 3.06. The van der Waals surface area contributed by atoms with Crippen LogP contribution in [0.25, 0.3) is 11.0 Å². The molecule has 0 aliphatic carbocycles. The van der Waals surface area contributed by atoms with Gasteiger partial charge in [0.25, 0.3) is 5.91 Å². The highest BCUT2D eigenvalue weighted by Crippen LogP contribution is 2.17. The second-order valence-corrected chi connectivity index (χ2v) is 5.07. The lowest BCUT2D eigenvalue weighted by Crippen LogP contribution is -2.27. The fourth-order valence-corrected chi connectivity index (χ4v) is 2.29. The number of nitrogens with zero attached hydrogens (tertiary/aromatic N) is 1. The normalized spacial score (nSPS) is 12.1. The molecule has 1 amide bonds. The first-order valence-corrected chi connectivity index (χ1v) is 7.07. The zero-order valence-corrected chi connectivity index (χ0v) is 12.5. The number of nitrogens with one attached hydrogen (secondary N) is 2. The molecule has 0 saturated carbocycles. The van der Waals surface area contributed by atoms with Crippen LogP contribution in [0.5, 0.6) is 5.75 Å². The average molecular weight is 295 g/mol. The Morgan fingerprint density at radius 3 is 2.82 bits per heavy atom. The van der Waals surface area contributed by atoms with Gasteiger partial charge in [0.05, 0.1) is 24.2 Å². The Balaban J connectivity index is 1.77. The van der Waals surface area contributed by atoms with Crippen molar-refractivity contribution < 1.29 is 9.53 Å². The van der Waals surface area contributed by atoms with Gasteiger partial charge in [-0.1, -0.05) is 18.2 Å². The third kappa shape index (κ3) is 2.79. The number of aromatic amines is 1. The Kier molecular flexibility index (Phi) is 3.78. The molecule has 2 aromatic carbocycles. The van der Waals surface area contributed by atoms with E-state index in [0.29, 0.717) is 11.3 Å². The summed E-state index contributed by atoms with van der Waals surface area (Å²) in [5, 5.41) is 2.94. The number of hydrogen-bond acceptors (Lipinski definition) is 3. The van der Waals surface area contributed by atoms with E-state index in [1.165, 1.54) is 0 Å². The molecule has 112 valence electrons. The molecule has 0 radical (unpaired) electrons. The Morgan fingerprint density at radius 2 is 2.05 bits per heavy atom. The minimum Gasteiger partial charge on any atom is -0.497 e. The van der Waals surface area contributed by atoms with Crippen molar-refractivity contribution in [3.63, 3.8) is 0 Å². The van der Waals surface area contributed by atoms with E-state index < -0.39 is 0 Å². The number of aromatic nitrogens is 2. The zero-order chi connectivity index (χ0) is 15.5. The second kappa shape index (κ2) is 5.89. The number of ether oxygens (including phenoxy) is 1. The molecule has 0 fully saturated rings. The summed E-state index contributed by atoms with van der Waals surface area (Å²) in [5.74, 6) is 1.23. The minimum atomic E-state index is -0.217. The first-order valence-electron chi connectivity index (χ1n) is 7.07. The molecule has 5 heteroatoms. The largest absolute Gasteiger partial charge is 0.497 e. The fourth-order valence-electron chi connectivity index (χ4n) is 2.29. The summed E-state index contributed by atoms with van der Waals surface area (Å²) in [5.41, 5.74) is 2.40. The Bertz CT molecular complexity index is 777. The summed E-state index contributed by atoms with van der Waals surface area (Å²) < 4.78 is 5.14. The molecule has 2 N–H and O–H groups in total. The van der Waals surface area contributed by atoms with Crippen molar-refractivity contribution in [3.8, 4) is 5.75 Å². The van der Waals surface area contributed by atoms with Gasteiger partial charge in [-0.15, -0.1) is 0 Å². The van der Waals surface area contributed by atoms with E-state index in [1.54, 1.807) is 31.4 Å². The molecule has 1 heterocycles. The second-order valence-electron chi connectivity index (χ2n) is 5.07. The Morgan fingerprint density at radius 1 is 1.23 bits per heavy atom. The number of rotatable bonds is 4. The molecule has 3 aromatic rings. The highest BCUT2D eigenvalue weighted by atomic mass is 16.5. The molecule has 0 spiro atoms. The summed E-state index contributed by atoms with van der Waals surface area (Å²) >= 11 is 0. The van der Waals surface area contributed by atoms with Crippen molar-refractivity contribution in [2.45, 2.75) is 13.0 Å². The van der Waals surface area contributed by atoms with Gasteiger partial charge in [0.1, 0.15) is 11.6 Å². The number of H-pyrrole nitrogens is 1. The standard InChI is InChI=1S/C17H17N3O2/c1-11(16-19-14-8-3-4-9-15(14)20-16)18-17(21)12-6-5-7-13(10-12)22-2/h3-11H,1-2H3,(H,18,21)(H,19,20). The quantitative estimate of drug-likeness (QED) is 0.777. The van der Waals surface area contributed by atoms with Crippen molar-refractivity contribution >= 4 is 16.9 Å². The molecular weight excluding hydrogens is 278 g/mol. The molecule has 1 aromatic heterocycles. The van der Waals surface area contributed by atoms with Crippen LogP contribution in [0, 0.1) is 0 Å². The maximum Gasteiger partial charge on any atom is 0.251 e. The van der Waals surface area contributed by atoms with Gasteiger partial charge in [-0.25, -0.2) is 4.98 Å². The van der Waals surface area contributed by atoms with E-state index in [9.17, 15) is 4.79 Å². The van der Waals surface area contributed by atoms with Gasteiger partial charge >= 0.3 is 0 Å². The monoisotopic (exact) mass is 295 g/mol. The number of imidazole rings is 1. The summed E-state index contributed by atoms with van der Waals surface area (Å²) in [7, 11) is 1.58. The number of methoxy groups -OCH3 is 1. The minimum absolute atomic E-state index is 0.160. The number of hydrogen-bond donors (Lipinski definition) is 2. The van der Waals surface area contributed by atoms with Crippen molar-refractivity contribution in [2.75, 3.05) is 7.11 Å². The van der Waals surface area contributed by atoms with E-state index in [2.05, 4.69) is 15.3 Å². The van der Waals surface area contributed by atoms with Crippen molar-refractivity contribution in [1.82, 2.24) is 15.3 Å². The maximum atomic E-state index is 12.3. The summed E-state index contributed by atoms with van der Waals surface area (Å²) in [6.45, 7) is 1.90. The molecular formula is C17H17N3O2. The third-order valence-corrected chi connectivity index (χ3v) is 3.50. The van der Waals surface area contributed by atoms with Gasteiger partial charge in [0, 0.05) is 5.56 Å². The SMILES string of the molecule is COc1cccc(C(=O)NC(C)c2nc3ccccc3[nH]2)c1. The van der Waals surface area contributed by atoms with E-state index in [1.807, 2.05) is 31.2 Å². The number of carbonyl (C=O) groups is 1. The van der Waals surface area contributed by atoms with Gasteiger partial charge in [0.2, 0.25) is 0 Å². The van der Waals surface area contributed by atoms with Crippen LogP contribution in [-0.4, -0.2) is 23.0 Å². The first-order chi connectivity index (χ1) is 10.7. The molecule has 3 rings (SSSR count). The van der Waals surface area contributed by atoms with Crippen molar-refractivity contribution in [3.05, 3.63) is 59.9 Å². The molecule has 5 nitrogen and oxygen atoms in total. The lowest BCUT2D eigenvalue weighted by atomic mass is 10.2. The summed E-state index contributed by atoms with van der Waals surface area (Å²) in [4.78, 5) is 20.0. The number of carbonyl (C=O) groups excluding carboxylic acids is 1. The molecule has 1 unspecified atom stereocenters. The molecule has 0 aliphatic heterocycles. The lowest BCUT2D eigenvalue weighted by Gasteiger charge is -2.12. The van der Waals surface area contributed by atoms with Gasteiger partial charge in [-0.05, 0) is 37.3 Å². The van der Waals surface area contributed by atoms with Gasteiger partial charge in [-0.3, -0.25) is 4.79 Å². The van der Waals surface area contributed by atoms with E-state index in [4.69, 9.17) is 4.74 Å². The van der Waals surface area contributed by atoms with Gasteiger partial charge in [-0.2, -0.15) is 0 Å². The first kappa shape index (κ1) is 14.1. The summed E-state index contributed by atoms with van der Waals surface area (Å²) in [6, 6.07) is 14.6. The highest BCUT2D eigenvalue weighted by Gasteiger charge is 2.15. The highest BCUT2D eigenvalue weighted by molar-refractivity contribution is 5.94. The van der Waals surface area contributed by atoms with Crippen LogP contribution in [0.15, 0.2) is 48.5 Å². The molecule has 1 atom stereocenters. The number of amides is 1. The van der Waals surface area contributed by atoms with Crippen molar-refractivity contribution in [1.29, 1.82) is 0 Å². The zero-order valence-electron chi connectivity index (χ0n) is 12.5. The number of para-hydroxylation sites is 2. The van der Waals surface area contributed by atoms with Crippen molar-refractivity contribution in [2.24, 2.45) is 0 Å². The van der Waals surface area contributed by atoms with Crippen LogP contribution >= 0.6 is 0 Å². The van der Waals surface area contributed by atoms with Crippen LogP contribution in [0.4, 0.5) is 0 Å². The average Bonchev–Trinajstić information content (AvgIpc) is 2.99. The van der Waals surface area contributed by atoms with E-state index >= 15 is 0 Å². The fraction of sp³-hybridized carbons (Fsp3) is 0.176. The van der Waals surface area contributed by atoms with Crippen LogP contribution in [0.2, 0.25) is 0 Å². The Labute approximate surface area is 128 Å². The van der Waals surface area contributed by atoms with Crippen LogP contribution < -0.4 is 10.1 Å². The van der Waals surface area contributed by atoms with Crippen LogP contribution in [-0.2, 0) is 0 Å². The molecule has 0 saturated heterocycles. The van der Waals surface area contributed by atoms with Gasteiger partial charge < -0.3 is 15.0 Å². The summed E-state index contributed by atoms with van der Waals surface area (Å²) in [6.07, 6.45) is 0. The topological polar surface area (TPSA) is 67.0 Å². The van der Waals surface area contributed by atoms with Crippen LogP contribution in [0.3, 0.4) is 0 Å². The predicted molar refractivity (Wildman–Crippen MR) is 85.0 cm³/mol. The van der Waals surface area contributed by atoms with E-state index in [0.717, 1.165) is 16.9 Å². The maximum absolute atomic E-state index is 12.3. The molecule has 0 bridgehead atoms. The van der Waals surface area contributed by atoms with E-state index in [-0.39, 0.29) is 11.9 Å². The molecule has 0 aliphatic rings. The number of fused-ring (bicyclic) bond motifs is 1. The molecule has 22 heavy (non-hydrogen) atoms. The third-order valence-electron chi connectivity index (χ3n) is 3.50. The smallest absolute Gasteiger partial charge is 0.251 e.